The van der Waals surface area contributed by atoms with Crippen molar-refractivity contribution in [3.63, 3.8) is 0 Å². The molecule has 0 aliphatic heterocycles. The van der Waals surface area contributed by atoms with Gasteiger partial charge < -0.3 is 19.9 Å². The minimum atomic E-state index is -1.09. The lowest BCUT2D eigenvalue weighted by Crippen LogP contribution is -2.52. The van der Waals surface area contributed by atoms with Gasteiger partial charge in [-0.05, 0) is 73.6 Å². The van der Waals surface area contributed by atoms with E-state index in [0.29, 0.717) is 17.4 Å². The van der Waals surface area contributed by atoms with Crippen LogP contribution in [-0.4, -0.2) is 49.6 Å². The Morgan fingerprint density at radius 1 is 1.06 bits per heavy atom. The van der Waals surface area contributed by atoms with Crippen molar-refractivity contribution in [2.75, 3.05) is 0 Å². The van der Waals surface area contributed by atoms with Crippen molar-refractivity contribution in [1.82, 2.24) is 14.5 Å². The topological polar surface area (TPSA) is 146 Å². The van der Waals surface area contributed by atoms with E-state index < -0.39 is 52.7 Å². The molecule has 11 heteroatoms. The summed E-state index contributed by atoms with van der Waals surface area (Å²) < 4.78 is 12.3. The first kappa shape index (κ1) is 27.1. The number of ether oxygens (including phenoxy) is 2. The lowest BCUT2D eigenvalue weighted by molar-refractivity contribution is -0.138. The predicted molar refractivity (Wildman–Crippen MR) is 123 cm³/mol. The average Bonchev–Trinajstić information content (AvgIpc) is 2.62. The van der Waals surface area contributed by atoms with Crippen molar-refractivity contribution < 1.29 is 29.0 Å². The molecule has 3 unspecified atom stereocenters. The Balaban J connectivity index is 2.49. The third-order valence-corrected chi connectivity index (χ3v) is 5.31. The van der Waals surface area contributed by atoms with Gasteiger partial charge in [-0.2, -0.15) is 4.57 Å². The third-order valence-electron chi connectivity index (χ3n) is 5.31. The number of carboxylic acids is 1. The summed E-state index contributed by atoms with van der Waals surface area (Å²) in [6, 6.07) is -1.28. The van der Waals surface area contributed by atoms with Crippen molar-refractivity contribution >= 4 is 18.2 Å². The second kappa shape index (κ2) is 10.0. The lowest BCUT2D eigenvalue weighted by atomic mass is 9.80. The van der Waals surface area contributed by atoms with Crippen LogP contribution in [0.2, 0.25) is 0 Å². The molecule has 11 nitrogen and oxygen atoms in total. The maximum atomic E-state index is 13.3. The van der Waals surface area contributed by atoms with Crippen LogP contribution in [0.1, 0.15) is 78.8 Å². The summed E-state index contributed by atoms with van der Waals surface area (Å²) in [5.41, 5.74) is -3.21. The standard InChI is InChI=1S/C23H35N3O8/c1-13-12-25(20(31)26(18(13)29)21(32)34-23(5,6)7)16-9-8-14(11-17(27)28)10-15(16)24-19(30)33-22(2,3)4/h12,14-16H,8-11H2,1-7H3,(H,24,30)(H,27,28). The van der Waals surface area contributed by atoms with E-state index in [-0.39, 0.29) is 24.3 Å². The van der Waals surface area contributed by atoms with Gasteiger partial charge in [0, 0.05) is 18.2 Å². The van der Waals surface area contributed by atoms with Gasteiger partial charge in [-0.1, -0.05) is 0 Å². The molecule has 1 aliphatic carbocycles. The van der Waals surface area contributed by atoms with Gasteiger partial charge in [0.1, 0.15) is 11.2 Å². The molecule has 0 bridgehead atoms. The number of alkyl carbamates (subject to hydrolysis) is 1. The Bertz CT molecular complexity index is 1060. The normalized spacial score (nSPS) is 21.0. The van der Waals surface area contributed by atoms with Crippen LogP contribution in [0.15, 0.2) is 15.8 Å². The summed E-state index contributed by atoms with van der Waals surface area (Å²) in [6.45, 7) is 11.5. The number of carbonyl (C=O) groups excluding carboxylic acids is 2. The van der Waals surface area contributed by atoms with Crippen molar-refractivity contribution in [1.29, 1.82) is 0 Å². The fourth-order valence-electron chi connectivity index (χ4n) is 4.02. The molecule has 190 valence electrons. The number of rotatable bonds is 4. The first-order valence-corrected chi connectivity index (χ1v) is 11.3. The fourth-order valence-corrected chi connectivity index (χ4v) is 4.02. The van der Waals surface area contributed by atoms with E-state index in [1.807, 2.05) is 0 Å². The lowest BCUT2D eigenvalue weighted by Gasteiger charge is -2.37. The van der Waals surface area contributed by atoms with Gasteiger partial charge in [-0.25, -0.2) is 14.4 Å². The maximum Gasteiger partial charge on any atom is 0.425 e. The number of amides is 1. The van der Waals surface area contributed by atoms with Gasteiger partial charge >= 0.3 is 23.8 Å². The monoisotopic (exact) mass is 481 g/mol. The van der Waals surface area contributed by atoms with Gasteiger partial charge in [-0.15, -0.1) is 0 Å². The summed E-state index contributed by atoms with van der Waals surface area (Å²) in [5.74, 6) is -1.17. The van der Waals surface area contributed by atoms with Crippen LogP contribution in [0.25, 0.3) is 0 Å². The molecular formula is C23H35N3O8. The molecule has 2 rings (SSSR count). The number of aryl methyl sites for hydroxylation is 1. The van der Waals surface area contributed by atoms with E-state index in [1.165, 1.54) is 17.7 Å². The number of hydrogen-bond donors (Lipinski definition) is 2. The van der Waals surface area contributed by atoms with Gasteiger partial charge in [-0.3, -0.25) is 14.2 Å². The predicted octanol–water partition coefficient (Wildman–Crippen LogP) is 2.81. The molecule has 1 amide bonds. The number of aliphatic carboxylic acids is 1. The van der Waals surface area contributed by atoms with Crippen LogP contribution < -0.4 is 16.6 Å². The van der Waals surface area contributed by atoms with E-state index in [4.69, 9.17) is 9.47 Å². The maximum absolute atomic E-state index is 13.3. The Labute approximate surface area is 198 Å². The molecule has 1 saturated carbocycles. The minimum Gasteiger partial charge on any atom is -0.481 e. The van der Waals surface area contributed by atoms with Crippen LogP contribution in [0.3, 0.4) is 0 Å². The molecule has 0 aromatic carbocycles. The molecule has 0 spiro atoms. The van der Waals surface area contributed by atoms with Gasteiger partial charge in [0.25, 0.3) is 5.56 Å². The highest BCUT2D eigenvalue weighted by Crippen LogP contribution is 2.34. The van der Waals surface area contributed by atoms with Crippen LogP contribution >= 0.6 is 0 Å². The van der Waals surface area contributed by atoms with Gasteiger partial charge in [0.2, 0.25) is 0 Å². The van der Waals surface area contributed by atoms with Crippen molar-refractivity contribution in [2.45, 2.75) is 97.4 Å². The SMILES string of the molecule is Cc1cn(C2CCC(CC(=O)O)CC2NC(=O)OC(C)(C)C)c(=O)n(C(=O)OC(C)(C)C)c1=O. The number of hydrogen-bond acceptors (Lipinski definition) is 7. The van der Waals surface area contributed by atoms with Crippen LogP contribution in [0, 0.1) is 12.8 Å². The Hall–Kier alpha value is -3.11. The molecule has 0 saturated heterocycles. The van der Waals surface area contributed by atoms with Gasteiger partial charge in [0.05, 0.1) is 12.1 Å². The number of nitrogens with zero attached hydrogens (tertiary/aromatic N) is 2. The second-order valence-corrected chi connectivity index (χ2v) is 10.7. The molecule has 2 N–H and O–H groups in total. The van der Waals surface area contributed by atoms with E-state index in [9.17, 15) is 29.1 Å². The second-order valence-electron chi connectivity index (χ2n) is 10.7. The van der Waals surface area contributed by atoms with Gasteiger partial charge in [0.15, 0.2) is 0 Å². The smallest absolute Gasteiger partial charge is 0.425 e. The van der Waals surface area contributed by atoms with Crippen LogP contribution in [-0.2, 0) is 14.3 Å². The van der Waals surface area contributed by atoms with Crippen molar-refractivity contribution in [2.24, 2.45) is 5.92 Å². The summed E-state index contributed by atoms with van der Waals surface area (Å²) in [5, 5.41) is 12.0. The highest BCUT2D eigenvalue weighted by atomic mass is 16.6. The molecule has 0 radical (unpaired) electrons. The molecule has 1 heterocycles. The first-order chi connectivity index (χ1) is 15.5. The van der Waals surface area contributed by atoms with Crippen LogP contribution in [0.5, 0.6) is 0 Å². The quantitative estimate of drug-likeness (QED) is 0.667. The largest absolute Gasteiger partial charge is 0.481 e. The highest BCUT2D eigenvalue weighted by molar-refractivity contribution is 5.70. The summed E-state index contributed by atoms with van der Waals surface area (Å²) >= 11 is 0. The minimum absolute atomic E-state index is 0.0788. The fraction of sp³-hybridized carbons (Fsp3) is 0.696. The zero-order chi connectivity index (χ0) is 26.0. The third kappa shape index (κ3) is 7.19. The molecular weight excluding hydrogens is 446 g/mol. The van der Waals surface area contributed by atoms with Crippen molar-refractivity contribution in [3.8, 4) is 0 Å². The number of aromatic nitrogens is 2. The molecule has 34 heavy (non-hydrogen) atoms. The Morgan fingerprint density at radius 3 is 2.18 bits per heavy atom. The Kier molecular flexibility index (Phi) is 8.00. The zero-order valence-corrected chi connectivity index (χ0v) is 20.8. The molecule has 1 aromatic heterocycles. The molecule has 1 fully saturated rings. The molecule has 1 aliphatic rings. The Morgan fingerprint density at radius 2 is 1.65 bits per heavy atom. The van der Waals surface area contributed by atoms with E-state index in [2.05, 4.69) is 5.32 Å². The average molecular weight is 482 g/mol. The molecule has 3 atom stereocenters. The highest BCUT2D eigenvalue weighted by Gasteiger charge is 2.36. The van der Waals surface area contributed by atoms with Crippen LogP contribution in [0.4, 0.5) is 9.59 Å². The molecule has 1 aromatic rings. The van der Waals surface area contributed by atoms with Crippen molar-refractivity contribution in [3.05, 3.63) is 32.6 Å². The summed E-state index contributed by atoms with van der Waals surface area (Å²) in [4.78, 5) is 62.3. The van der Waals surface area contributed by atoms with E-state index >= 15 is 0 Å². The summed E-state index contributed by atoms with van der Waals surface area (Å²) in [7, 11) is 0. The first-order valence-electron chi connectivity index (χ1n) is 11.3. The number of carboxylic acid groups (broad SMARTS) is 1. The zero-order valence-electron chi connectivity index (χ0n) is 20.8. The number of nitrogens with one attached hydrogen (secondary N) is 1. The summed E-state index contributed by atoms with van der Waals surface area (Å²) in [6.07, 6.45) is 0.611. The number of carbonyl (C=O) groups is 3. The van der Waals surface area contributed by atoms with E-state index in [1.54, 1.807) is 41.5 Å². The van der Waals surface area contributed by atoms with E-state index in [0.717, 1.165) is 0 Å².